The molecule has 1 aromatic carbocycles. The molecule has 0 radical (unpaired) electrons. The summed E-state index contributed by atoms with van der Waals surface area (Å²) in [6, 6.07) is 6.05. The fraction of sp³-hybridized carbons (Fsp3) is 0.625. The van der Waals surface area contributed by atoms with E-state index in [9.17, 15) is 0 Å². The number of methoxy groups -OCH3 is 3. The van der Waals surface area contributed by atoms with Gasteiger partial charge in [-0.1, -0.05) is 6.92 Å². The molecular weight excluding hydrogens is 254 g/mol. The summed E-state index contributed by atoms with van der Waals surface area (Å²) in [6.45, 7) is 3.00. The van der Waals surface area contributed by atoms with Gasteiger partial charge >= 0.3 is 0 Å². The lowest BCUT2D eigenvalue weighted by molar-refractivity contribution is 0.0503. The van der Waals surface area contributed by atoms with Gasteiger partial charge in [-0.3, -0.25) is 0 Å². The average molecular weight is 279 g/mol. The molecule has 0 saturated heterocycles. The Balaban J connectivity index is 2.35. The van der Waals surface area contributed by atoms with Gasteiger partial charge in [-0.2, -0.15) is 0 Å². The van der Waals surface area contributed by atoms with Crippen LogP contribution in [-0.2, 0) is 4.74 Å². The molecule has 1 fully saturated rings. The van der Waals surface area contributed by atoms with Gasteiger partial charge in [-0.15, -0.1) is 0 Å². The topological polar surface area (TPSA) is 39.7 Å². The number of ether oxygens (including phenoxy) is 3. The highest BCUT2D eigenvalue weighted by Crippen LogP contribution is 2.42. The minimum absolute atomic E-state index is 0.127. The average Bonchev–Trinajstić information content (AvgIpc) is 3.31. The van der Waals surface area contributed by atoms with Crippen LogP contribution in [0.25, 0.3) is 0 Å². The number of benzene rings is 1. The summed E-state index contributed by atoms with van der Waals surface area (Å²) in [5.74, 6) is 2.36. The molecular formula is C16H25NO3. The predicted octanol–water partition coefficient (Wildman–Crippen LogP) is 2.78. The Morgan fingerprint density at radius 2 is 1.95 bits per heavy atom. The van der Waals surface area contributed by atoms with Crippen LogP contribution >= 0.6 is 0 Å². The zero-order chi connectivity index (χ0) is 14.5. The minimum atomic E-state index is 0.127. The van der Waals surface area contributed by atoms with Crippen LogP contribution in [0.4, 0.5) is 0 Å². The van der Waals surface area contributed by atoms with Crippen molar-refractivity contribution in [3.8, 4) is 11.5 Å². The molecule has 1 aliphatic carbocycles. The van der Waals surface area contributed by atoms with Gasteiger partial charge in [0, 0.05) is 12.7 Å². The summed E-state index contributed by atoms with van der Waals surface area (Å²) in [6.07, 6.45) is 2.66. The maximum atomic E-state index is 5.76. The second kappa shape index (κ2) is 6.95. The highest BCUT2D eigenvalue weighted by Gasteiger charge is 2.38. The van der Waals surface area contributed by atoms with Gasteiger partial charge in [-0.25, -0.2) is 0 Å². The van der Waals surface area contributed by atoms with Crippen molar-refractivity contribution < 1.29 is 14.2 Å². The third-order valence-corrected chi connectivity index (χ3v) is 3.88. The molecule has 112 valence electrons. The second-order valence-corrected chi connectivity index (χ2v) is 5.18. The first-order valence-corrected chi connectivity index (χ1v) is 7.23. The van der Waals surface area contributed by atoms with Crippen LogP contribution in [0.3, 0.4) is 0 Å². The first-order chi connectivity index (χ1) is 9.74. The molecule has 2 rings (SSSR count). The standard InChI is InChI=1S/C16H25NO3/c1-5-17-15(16(20-4)11-6-7-11)13-10-12(18-2)8-9-14(13)19-3/h8-11,15-17H,5-7H2,1-4H3. The minimum Gasteiger partial charge on any atom is -0.497 e. The lowest BCUT2D eigenvalue weighted by atomic mass is 9.96. The predicted molar refractivity (Wildman–Crippen MR) is 79.5 cm³/mol. The maximum absolute atomic E-state index is 5.76. The fourth-order valence-corrected chi connectivity index (χ4v) is 2.73. The van der Waals surface area contributed by atoms with Crippen molar-refractivity contribution >= 4 is 0 Å². The first kappa shape index (κ1) is 15.1. The number of nitrogens with one attached hydrogen (secondary N) is 1. The van der Waals surface area contributed by atoms with Crippen molar-refractivity contribution in [1.82, 2.24) is 5.32 Å². The van der Waals surface area contributed by atoms with Crippen LogP contribution < -0.4 is 14.8 Å². The number of likely N-dealkylation sites (N-methyl/N-ethyl adjacent to an activating group) is 1. The fourth-order valence-electron chi connectivity index (χ4n) is 2.73. The Bertz CT molecular complexity index is 432. The lowest BCUT2D eigenvalue weighted by Gasteiger charge is -2.28. The second-order valence-electron chi connectivity index (χ2n) is 5.18. The van der Waals surface area contributed by atoms with Crippen LogP contribution in [0.2, 0.25) is 0 Å². The van der Waals surface area contributed by atoms with Crippen molar-refractivity contribution in [1.29, 1.82) is 0 Å². The smallest absolute Gasteiger partial charge is 0.124 e. The van der Waals surface area contributed by atoms with E-state index in [1.165, 1.54) is 12.8 Å². The van der Waals surface area contributed by atoms with Gasteiger partial charge in [0.1, 0.15) is 11.5 Å². The van der Waals surface area contributed by atoms with Crippen LogP contribution in [0, 0.1) is 5.92 Å². The number of rotatable bonds is 8. The van der Waals surface area contributed by atoms with Gasteiger partial charge in [0.05, 0.1) is 26.4 Å². The van der Waals surface area contributed by atoms with Crippen molar-refractivity contribution in [2.75, 3.05) is 27.9 Å². The molecule has 0 aromatic heterocycles. The Hall–Kier alpha value is -1.26. The quantitative estimate of drug-likeness (QED) is 0.794. The molecule has 0 spiro atoms. The molecule has 2 atom stereocenters. The third-order valence-electron chi connectivity index (χ3n) is 3.88. The van der Waals surface area contributed by atoms with Gasteiger partial charge in [0.15, 0.2) is 0 Å². The van der Waals surface area contributed by atoms with E-state index in [1.807, 2.05) is 18.2 Å². The van der Waals surface area contributed by atoms with E-state index in [4.69, 9.17) is 14.2 Å². The Morgan fingerprint density at radius 1 is 1.20 bits per heavy atom. The monoisotopic (exact) mass is 279 g/mol. The summed E-state index contributed by atoms with van der Waals surface area (Å²) in [4.78, 5) is 0. The van der Waals surface area contributed by atoms with Crippen LogP contribution in [-0.4, -0.2) is 34.0 Å². The largest absolute Gasteiger partial charge is 0.497 e. The SMILES string of the molecule is CCNC(c1cc(OC)ccc1OC)C(OC)C1CC1. The Kier molecular flexibility index (Phi) is 5.26. The third kappa shape index (κ3) is 3.25. The molecule has 2 unspecified atom stereocenters. The van der Waals surface area contributed by atoms with E-state index in [0.717, 1.165) is 23.6 Å². The molecule has 4 heteroatoms. The molecule has 1 saturated carbocycles. The zero-order valence-corrected chi connectivity index (χ0v) is 12.8. The van der Waals surface area contributed by atoms with E-state index >= 15 is 0 Å². The first-order valence-electron chi connectivity index (χ1n) is 7.23. The molecule has 20 heavy (non-hydrogen) atoms. The van der Waals surface area contributed by atoms with Crippen LogP contribution in [0.1, 0.15) is 31.4 Å². The van der Waals surface area contributed by atoms with E-state index in [0.29, 0.717) is 5.92 Å². The maximum Gasteiger partial charge on any atom is 0.124 e. The summed E-state index contributed by atoms with van der Waals surface area (Å²) in [5.41, 5.74) is 1.10. The van der Waals surface area contributed by atoms with Gasteiger partial charge < -0.3 is 19.5 Å². The summed E-state index contributed by atoms with van der Waals surface area (Å²) in [5, 5.41) is 3.54. The van der Waals surface area contributed by atoms with Crippen molar-refractivity contribution in [2.45, 2.75) is 31.9 Å². The molecule has 1 N–H and O–H groups in total. The van der Waals surface area contributed by atoms with Crippen molar-refractivity contribution in [2.24, 2.45) is 5.92 Å². The van der Waals surface area contributed by atoms with Gasteiger partial charge in [0.25, 0.3) is 0 Å². The number of hydrogen-bond donors (Lipinski definition) is 1. The number of hydrogen-bond acceptors (Lipinski definition) is 4. The van der Waals surface area contributed by atoms with Crippen LogP contribution in [0.5, 0.6) is 11.5 Å². The van der Waals surface area contributed by atoms with Crippen molar-refractivity contribution in [3.05, 3.63) is 23.8 Å². The van der Waals surface area contributed by atoms with Crippen molar-refractivity contribution in [3.63, 3.8) is 0 Å². The Morgan fingerprint density at radius 3 is 2.45 bits per heavy atom. The lowest BCUT2D eigenvalue weighted by Crippen LogP contribution is -2.35. The molecule has 0 bridgehead atoms. The summed E-state index contributed by atoms with van der Waals surface area (Å²) in [7, 11) is 5.18. The Labute approximate surface area is 121 Å². The summed E-state index contributed by atoms with van der Waals surface area (Å²) >= 11 is 0. The molecule has 0 aliphatic heterocycles. The normalized spacial score (nSPS) is 17.6. The summed E-state index contributed by atoms with van der Waals surface area (Å²) < 4.78 is 16.6. The van der Waals surface area contributed by atoms with E-state index in [-0.39, 0.29) is 12.1 Å². The molecule has 0 amide bonds. The molecule has 4 nitrogen and oxygen atoms in total. The molecule has 1 aromatic rings. The van der Waals surface area contributed by atoms with Crippen LogP contribution in [0.15, 0.2) is 18.2 Å². The van der Waals surface area contributed by atoms with E-state index in [1.54, 1.807) is 21.3 Å². The van der Waals surface area contributed by atoms with E-state index < -0.39 is 0 Å². The highest BCUT2D eigenvalue weighted by molar-refractivity contribution is 5.43. The van der Waals surface area contributed by atoms with Gasteiger partial charge in [0.2, 0.25) is 0 Å². The van der Waals surface area contributed by atoms with E-state index in [2.05, 4.69) is 12.2 Å². The highest BCUT2D eigenvalue weighted by atomic mass is 16.5. The zero-order valence-electron chi connectivity index (χ0n) is 12.8. The molecule has 1 aliphatic rings. The van der Waals surface area contributed by atoms with Gasteiger partial charge in [-0.05, 0) is 43.5 Å². The molecule has 0 heterocycles.